The van der Waals surface area contributed by atoms with E-state index in [1.165, 1.54) is 5.56 Å². The molecule has 2 N–H and O–H groups in total. The van der Waals surface area contributed by atoms with Gasteiger partial charge in [0.05, 0.1) is 6.04 Å². The van der Waals surface area contributed by atoms with Gasteiger partial charge in [-0.25, -0.2) is 0 Å². The molecule has 4 nitrogen and oxygen atoms in total. The minimum atomic E-state index is -0.186. The van der Waals surface area contributed by atoms with E-state index in [4.69, 9.17) is 0 Å². The first-order valence-electron chi connectivity index (χ1n) is 10.6. The molecule has 30 heavy (non-hydrogen) atoms. The second kappa shape index (κ2) is 9.14. The summed E-state index contributed by atoms with van der Waals surface area (Å²) >= 11 is 0. The Bertz CT molecular complexity index is 977. The van der Waals surface area contributed by atoms with Gasteiger partial charge in [-0.1, -0.05) is 60.7 Å². The van der Waals surface area contributed by atoms with E-state index >= 15 is 0 Å². The summed E-state index contributed by atoms with van der Waals surface area (Å²) in [6.07, 6.45) is 2.03. The van der Waals surface area contributed by atoms with Crippen LogP contribution in [0.5, 0.6) is 5.75 Å². The normalized spacial score (nSPS) is 16.2. The number of aromatic hydroxyl groups is 1. The first kappa shape index (κ1) is 20.2. The molecule has 0 aliphatic carbocycles. The first-order chi connectivity index (χ1) is 14.6. The van der Waals surface area contributed by atoms with Crippen molar-refractivity contribution in [1.82, 2.24) is 4.90 Å². The number of hydrogen-bond acceptors (Lipinski definition) is 3. The van der Waals surface area contributed by atoms with E-state index < -0.39 is 0 Å². The predicted octanol–water partition coefficient (Wildman–Crippen LogP) is 5.27. The molecule has 0 radical (unpaired) electrons. The molecule has 4 rings (SSSR count). The second-order valence-corrected chi connectivity index (χ2v) is 7.98. The minimum absolute atomic E-state index is 0.0291. The molecule has 3 aromatic carbocycles. The van der Waals surface area contributed by atoms with Crippen LogP contribution in [0.15, 0.2) is 78.9 Å². The van der Waals surface area contributed by atoms with E-state index in [9.17, 15) is 9.90 Å². The number of piperidine rings is 1. The van der Waals surface area contributed by atoms with Crippen LogP contribution < -0.4 is 5.32 Å². The summed E-state index contributed by atoms with van der Waals surface area (Å²) in [7, 11) is 0. The third kappa shape index (κ3) is 4.55. The minimum Gasteiger partial charge on any atom is -0.508 e. The lowest BCUT2D eigenvalue weighted by Crippen LogP contribution is -2.45. The molecule has 0 saturated carbocycles. The number of rotatable bonds is 5. The summed E-state index contributed by atoms with van der Waals surface area (Å²) in [5.41, 5.74) is 4.24. The zero-order chi connectivity index (χ0) is 20.9. The van der Waals surface area contributed by atoms with Crippen LogP contribution in [-0.4, -0.2) is 35.0 Å². The summed E-state index contributed by atoms with van der Waals surface area (Å²) in [6, 6.07) is 25.4. The van der Waals surface area contributed by atoms with Crippen molar-refractivity contribution >= 4 is 11.6 Å². The maximum absolute atomic E-state index is 13.0. The van der Waals surface area contributed by atoms with Crippen LogP contribution in [0.25, 0.3) is 11.1 Å². The molecule has 1 aliphatic heterocycles. The molecule has 0 spiro atoms. The Balaban J connectivity index is 1.39. The van der Waals surface area contributed by atoms with Crippen LogP contribution >= 0.6 is 0 Å². The third-order valence-corrected chi connectivity index (χ3v) is 6.09. The summed E-state index contributed by atoms with van der Waals surface area (Å²) in [6.45, 7) is 3.77. The zero-order valence-electron chi connectivity index (χ0n) is 17.3. The number of anilines is 1. The monoisotopic (exact) mass is 400 g/mol. The van der Waals surface area contributed by atoms with Gasteiger partial charge in [-0.05, 0) is 68.1 Å². The molecule has 1 aliphatic rings. The molecule has 1 atom stereocenters. The van der Waals surface area contributed by atoms with Gasteiger partial charge in [-0.15, -0.1) is 0 Å². The van der Waals surface area contributed by atoms with Crippen LogP contribution in [0.3, 0.4) is 0 Å². The van der Waals surface area contributed by atoms with Crippen LogP contribution in [0.4, 0.5) is 5.69 Å². The van der Waals surface area contributed by atoms with Gasteiger partial charge in [0.25, 0.3) is 0 Å². The van der Waals surface area contributed by atoms with E-state index in [0.717, 1.165) is 42.7 Å². The number of amides is 1. The Kier molecular flexibility index (Phi) is 6.15. The van der Waals surface area contributed by atoms with Gasteiger partial charge in [0, 0.05) is 11.3 Å². The van der Waals surface area contributed by atoms with E-state index in [2.05, 4.69) is 22.3 Å². The Morgan fingerprint density at radius 3 is 2.27 bits per heavy atom. The van der Waals surface area contributed by atoms with Gasteiger partial charge in [0.15, 0.2) is 0 Å². The van der Waals surface area contributed by atoms with Crippen LogP contribution in [0.2, 0.25) is 0 Å². The van der Waals surface area contributed by atoms with Gasteiger partial charge in [0.1, 0.15) is 5.75 Å². The maximum atomic E-state index is 13.0. The van der Waals surface area contributed by atoms with Gasteiger partial charge in [-0.3, -0.25) is 9.69 Å². The lowest BCUT2D eigenvalue weighted by molar-refractivity contribution is -0.121. The highest BCUT2D eigenvalue weighted by Crippen LogP contribution is 2.31. The number of benzene rings is 3. The topological polar surface area (TPSA) is 52.6 Å². The quantitative estimate of drug-likeness (QED) is 0.614. The number of nitrogens with one attached hydrogen (secondary N) is 1. The molecule has 0 bridgehead atoms. The molecule has 1 saturated heterocycles. The number of phenolic OH excluding ortho intramolecular Hbond substituents is 1. The Morgan fingerprint density at radius 1 is 0.933 bits per heavy atom. The highest BCUT2D eigenvalue weighted by Gasteiger charge is 2.27. The SMILES string of the molecule is CC(C(=O)Nc1ccccc1-c1ccccc1)N1CCC(c2ccc(O)cc2)CC1. The number of hydrogen-bond donors (Lipinski definition) is 2. The number of para-hydroxylation sites is 1. The Hall–Kier alpha value is -3.11. The van der Waals surface area contributed by atoms with Crippen molar-refractivity contribution in [3.05, 3.63) is 84.4 Å². The molecular formula is C26H28N2O2. The number of likely N-dealkylation sites (tertiary alicyclic amines) is 1. The summed E-state index contributed by atoms with van der Waals surface area (Å²) in [5.74, 6) is 0.814. The molecule has 3 aromatic rings. The van der Waals surface area contributed by atoms with Crippen molar-refractivity contribution in [2.24, 2.45) is 0 Å². The van der Waals surface area contributed by atoms with E-state index in [-0.39, 0.29) is 11.9 Å². The van der Waals surface area contributed by atoms with Gasteiger partial charge in [-0.2, -0.15) is 0 Å². The second-order valence-electron chi connectivity index (χ2n) is 7.98. The molecule has 4 heteroatoms. The number of phenols is 1. The average molecular weight is 401 g/mol. The van der Waals surface area contributed by atoms with Crippen molar-refractivity contribution in [2.75, 3.05) is 18.4 Å². The number of carbonyl (C=O) groups excluding carboxylic acids is 1. The fourth-order valence-corrected chi connectivity index (χ4v) is 4.23. The van der Waals surface area contributed by atoms with Crippen LogP contribution in [-0.2, 0) is 4.79 Å². The van der Waals surface area contributed by atoms with Gasteiger partial charge >= 0.3 is 0 Å². The fourth-order valence-electron chi connectivity index (χ4n) is 4.23. The number of nitrogens with zero attached hydrogens (tertiary/aromatic N) is 1. The maximum Gasteiger partial charge on any atom is 0.241 e. The van der Waals surface area contributed by atoms with Gasteiger partial charge in [0.2, 0.25) is 5.91 Å². The largest absolute Gasteiger partial charge is 0.508 e. The smallest absolute Gasteiger partial charge is 0.241 e. The summed E-state index contributed by atoms with van der Waals surface area (Å²) in [4.78, 5) is 15.3. The Labute approximate surface area is 178 Å². The van der Waals surface area contributed by atoms with Crippen molar-refractivity contribution in [2.45, 2.75) is 31.7 Å². The molecule has 1 amide bonds. The van der Waals surface area contributed by atoms with Gasteiger partial charge < -0.3 is 10.4 Å². The van der Waals surface area contributed by atoms with E-state index in [1.807, 2.05) is 61.5 Å². The molecule has 1 fully saturated rings. The lowest BCUT2D eigenvalue weighted by Gasteiger charge is -2.35. The van der Waals surface area contributed by atoms with E-state index in [0.29, 0.717) is 11.7 Å². The van der Waals surface area contributed by atoms with Crippen molar-refractivity contribution in [1.29, 1.82) is 0 Å². The lowest BCUT2D eigenvalue weighted by atomic mass is 9.89. The Morgan fingerprint density at radius 2 is 1.57 bits per heavy atom. The third-order valence-electron chi connectivity index (χ3n) is 6.09. The molecular weight excluding hydrogens is 372 g/mol. The predicted molar refractivity (Wildman–Crippen MR) is 122 cm³/mol. The molecule has 154 valence electrons. The van der Waals surface area contributed by atoms with E-state index in [1.54, 1.807) is 12.1 Å². The highest BCUT2D eigenvalue weighted by molar-refractivity contribution is 5.98. The highest BCUT2D eigenvalue weighted by atomic mass is 16.3. The molecule has 1 heterocycles. The van der Waals surface area contributed by atoms with Crippen molar-refractivity contribution in [3.8, 4) is 16.9 Å². The fraction of sp³-hybridized carbons (Fsp3) is 0.269. The van der Waals surface area contributed by atoms with Crippen LogP contribution in [0, 0.1) is 0 Å². The number of carbonyl (C=O) groups is 1. The average Bonchev–Trinajstić information content (AvgIpc) is 2.80. The van der Waals surface area contributed by atoms with Crippen molar-refractivity contribution < 1.29 is 9.90 Å². The zero-order valence-corrected chi connectivity index (χ0v) is 17.3. The first-order valence-corrected chi connectivity index (χ1v) is 10.6. The molecule has 1 unspecified atom stereocenters. The summed E-state index contributed by atoms with van der Waals surface area (Å²) < 4.78 is 0. The van der Waals surface area contributed by atoms with Crippen LogP contribution in [0.1, 0.15) is 31.2 Å². The standard InChI is InChI=1S/C26H28N2O2/c1-19(28-17-15-21(16-18-28)20-11-13-23(29)14-12-20)26(30)27-25-10-6-5-9-24(25)22-7-3-2-4-8-22/h2-14,19,21,29H,15-18H2,1H3,(H,27,30). The van der Waals surface area contributed by atoms with Crippen molar-refractivity contribution in [3.63, 3.8) is 0 Å². The summed E-state index contributed by atoms with van der Waals surface area (Å²) in [5, 5.41) is 12.6. The molecule has 0 aromatic heterocycles.